The van der Waals surface area contributed by atoms with Crippen molar-refractivity contribution >= 4 is 124 Å². The molecule has 6 rings (SSSR count). The molecule has 3 saturated heterocycles. The largest absolute Gasteiger partial charge is 0.481 e. The van der Waals surface area contributed by atoms with E-state index in [1.165, 1.54) is 80.4 Å². The van der Waals surface area contributed by atoms with E-state index in [1.807, 2.05) is 0 Å². The molecule has 2 bridgehead atoms. The van der Waals surface area contributed by atoms with Gasteiger partial charge >= 0.3 is 17.9 Å². The monoisotopic (exact) mass is 1680 g/mol. The van der Waals surface area contributed by atoms with Gasteiger partial charge in [-0.3, -0.25) is 81.5 Å². The first-order chi connectivity index (χ1) is 55.8. The number of aliphatic hydroxyl groups excluding tert-OH is 1. The number of carbonyl (C=O) groups excluding carboxylic acids is 14. The summed E-state index contributed by atoms with van der Waals surface area (Å²) in [5.41, 5.74) is 6.93. The van der Waals surface area contributed by atoms with Gasteiger partial charge in [0.1, 0.15) is 66.5 Å². The highest BCUT2D eigenvalue weighted by Gasteiger charge is 2.48. The molecule has 5 heterocycles. The van der Waals surface area contributed by atoms with Gasteiger partial charge in [0.2, 0.25) is 82.7 Å². The number of amides is 14. The molecule has 1 aromatic rings. The van der Waals surface area contributed by atoms with Gasteiger partial charge in [0.05, 0.1) is 19.1 Å². The quantitative estimate of drug-likeness (QED) is 0.0448. The van der Waals surface area contributed by atoms with Gasteiger partial charge in [0.25, 0.3) is 0 Å². The first kappa shape index (κ1) is 96.7. The van der Waals surface area contributed by atoms with E-state index >= 15 is 28.8 Å². The molecule has 0 spiro atoms. The van der Waals surface area contributed by atoms with E-state index < -0.39 is 225 Å². The number of hydrogen-bond donors (Lipinski definition) is 15. The van der Waals surface area contributed by atoms with Crippen LogP contribution < -0.4 is 58.9 Å². The number of unbranched alkanes of at least 4 members (excludes halogenated alkanes) is 16. The van der Waals surface area contributed by atoms with Crippen molar-refractivity contribution < 1.29 is 102 Å². The molecule has 0 saturated carbocycles. The molecule has 13 atom stereocenters. The lowest BCUT2D eigenvalue weighted by Crippen LogP contribution is -2.61. The third-order valence-corrected chi connectivity index (χ3v) is 23.7. The summed E-state index contributed by atoms with van der Waals surface area (Å²) in [7, 11) is 0. The van der Waals surface area contributed by atoms with Gasteiger partial charge in [-0.2, -0.15) is 23.5 Å². The fourth-order valence-electron chi connectivity index (χ4n) is 15.2. The van der Waals surface area contributed by atoms with Crippen LogP contribution in [-0.2, 0) is 93.0 Å². The van der Waals surface area contributed by atoms with Crippen LogP contribution in [0.4, 0.5) is 0 Å². The second kappa shape index (κ2) is 50.6. The van der Waals surface area contributed by atoms with Crippen molar-refractivity contribution in [2.24, 2.45) is 11.7 Å². The fraction of sp³-hybridized carbons (Fsp3) is 0.713. The molecule has 0 unspecified atom stereocenters. The highest BCUT2D eigenvalue weighted by atomic mass is 32.2. The normalized spacial score (nSPS) is 25.3. The number of nitrogens with one attached hydrogen (secondary N) is 10. The second-order valence-corrected chi connectivity index (χ2v) is 33.7. The molecule has 14 amide bonds. The number of primary amides is 1. The molecule has 1 aromatic carbocycles. The molecule has 0 aromatic heterocycles. The van der Waals surface area contributed by atoms with Gasteiger partial charge in [0.15, 0.2) is 0 Å². The molecule has 5 aliphatic rings. The Morgan fingerprint density at radius 1 is 0.487 bits per heavy atom. The molecule has 37 heteroatoms. The molecule has 0 aliphatic carbocycles. The van der Waals surface area contributed by atoms with Crippen LogP contribution in [0.5, 0.6) is 0 Å². The summed E-state index contributed by atoms with van der Waals surface area (Å²) in [6.45, 7) is 5.35. The van der Waals surface area contributed by atoms with Crippen LogP contribution in [0.1, 0.15) is 238 Å². The lowest BCUT2D eigenvalue weighted by molar-refractivity contribution is -0.148. The van der Waals surface area contributed by atoms with Crippen molar-refractivity contribution in [2.75, 3.05) is 37.7 Å². The van der Waals surface area contributed by atoms with E-state index in [0.717, 1.165) is 67.5 Å². The van der Waals surface area contributed by atoms with Crippen molar-refractivity contribution in [1.29, 1.82) is 0 Å². The summed E-state index contributed by atoms with van der Waals surface area (Å²) in [5.74, 6) is -19.0. The van der Waals surface area contributed by atoms with Crippen LogP contribution in [0.25, 0.3) is 0 Å². The third-order valence-electron chi connectivity index (χ3n) is 21.6. The number of carbonyl (C=O) groups is 17. The minimum atomic E-state index is -1.99. The predicted molar refractivity (Wildman–Crippen MR) is 433 cm³/mol. The number of aliphatic carboxylic acids is 3. The second-order valence-electron chi connectivity index (χ2n) is 31.6. The van der Waals surface area contributed by atoms with Crippen LogP contribution in [0.3, 0.4) is 0 Å². The minimum Gasteiger partial charge on any atom is -0.481 e. The Morgan fingerprint density at radius 3 is 1.42 bits per heavy atom. The zero-order valence-electron chi connectivity index (χ0n) is 67.9. The van der Waals surface area contributed by atoms with Crippen LogP contribution in [-0.4, -0.2) is 252 Å². The Morgan fingerprint density at radius 2 is 0.932 bits per heavy atom. The van der Waals surface area contributed by atoms with E-state index in [-0.39, 0.29) is 99.4 Å². The maximum absolute atomic E-state index is 15.5. The first-order valence-corrected chi connectivity index (χ1v) is 43.9. The molecule has 5 aliphatic heterocycles. The number of aliphatic hydroxyl groups is 1. The van der Waals surface area contributed by atoms with Crippen LogP contribution in [0.2, 0.25) is 0 Å². The third kappa shape index (κ3) is 32.9. The smallest absolute Gasteiger partial charge is 0.305 e. The van der Waals surface area contributed by atoms with E-state index in [2.05, 4.69) is 60.1 Å². The number of carboxylic acids is 3. The number of benzene rings is 1. The van der Waals surface area contributed by atoms with E-state index in [0.29, 0.717) is 17.5 Å². The van der Waals surface area contributed by atoms with Crippen LogP contribution in [0.15, 0.2) is 24.3 Å². The Labute approximate surface area is 692 Å². The SMILES string of the molecule is CCCCCCCCCCCCCCCCCCCC(=O)N[C@H]1C[C@H]2C(=O)N[C@@H](CCC(N)=O)C(=O)N[C@H]3CSCc4ccccc4CSC[C@H](NC(=O)[C@H](CCC(=O)O)NC(=O)CNC(=O)[C@H]([C@@H](C)O)NC(=O)[C@H](CCC(=O)O)NC(=O)[C@@H]4CCCN4C(=O)[C@H](CC(=O)O)NC3=O)C(=O)N[C@@H](CC(C)C)C(=O)N3CCC[C@@H]3C(=O)N2C1. The maximum Gasteiger partial charge on any atom is 0.305 e. The van der Waals surface area contributed by atoms with Gasteiger partial charge in [-0.1, -0.05) is 148 Å². The van der Waals surface area contributed by atoms with E-state index in [9.17, 15) is 73.2 Å². The molecule has 35 nitrogen and oxygen atoms in total. The molecule has 117 heavy (non-hydrogen) atoms. The number of carboxylic acid groups (broad SMARTS) is 3. The molecule has 652 valence electrons. The molecular formula is C80H124N14O21S2. The number of hydrogen-bond acceptors (Lipinski definition) is 20. The number of fused-ring (bicyclic) bond motifs is 9. The number of thioether (sulfide) groups is 2. The van der Waals surface area contributed by atoms with Crippen molar-refractivity contribution in [3.05, 3.63) is 35.4 Å². The van der Waals surface area contributed by atoms with Gasteiger partial charge in [0, 0.05) is 74.4 Å². The molecule has 3 fully saturated rings. The van der Waals surface area contributed by atoms with Gasteiger partial charge in [-0.25, -0.2) is 0 Å². The van der Waals surface area contributed by atoms with Gasteiger partial charge < -0.3 is 94.0 Å². The number of rotatable bonds is 33. The molecule has 0 radical (unpaired) electrons. The fourth-order valence-corrected chi connectivity index (χ4v) is 17.4. The summed E-state index contributed by atoms with van der Waals surface area (Å²) < 4.78 is 0. The Kier molecular flexibility index (Phi) is 41.8. The van der Waals surface area contributed by atoms with Gasteiger partial charge in [-0.15, -0.1) is 0 Å². The van der Waals surface area contributed by atoms with Crippen LogP contribution in [0, 0.1) is 5.92 Å². The summed E-state index contributed by atoms with van der Waals surface area (Å²) in [4.78, 5) is 244. The summed E-state index contributed by atoms with van der Waals surface area (Å²) in [6, 6.07) is -12.2. The van der Waals surface area contributed by atoms with Crippen molar-refractivity contribution in [1.82, 2.24) is 67.9 Å². The molecular weight excluding hydrogens is 1560 g/mol. The average Bonchev–Trinajstić information content (AvgIpc) is 1.64. The minimum absolute atomic E-state index is 0.0162. The highest BCUT2D eigenvalue weighted by Crippen LogP contribution is 2.30. The summed E-state index contributed by atoms with van der Waals surface area (Å²) in [5, 5.41) is 66.2. The van der Waals surface area contributed by atoms with Crippen molar-refractivity contribution in [3.8, 4) is 0 Å². The maximum atomic E-state index is 15.5. The lowest BCUT2D eigenvalue weighted by atomic mass is 10.0. The van der Waals surface area contributed by atoms with Crippen molar-refractivity contribution in [2.45, 2.75) is 317 Å². The van der Waals surface area contributed by atoms with E-state index in [4.69, 9.17) is 5.73 Å². The van der Waals surface area contributed by atoms with Crippen molar-refractivity contribution in [3.63, 3.8) is 0 Å². The topological polar surface area (TPSA) is 527 Å². The number of nitrogens with two attached hydrogens (primary N) is 1. The number of nitrogens with zero attached hydrogens (tertiary/aromatic N) is 3. The zero-order valence-corrected chi connectivity index (χ0v) is 69.6. The summed E-state index contributed by atoms with van der Waals surface area (Å²) in [6.07, 6.45) is 13.0. The Bertz CT molecular complexity index is 3590. The Hall–Kier alpha value is -9.13. The average molecular weight is 1680 g/mol. The first-order valence-electron chi connectivity index (χ1n) is 41.6. The standard InChI is InChI=1S/C80H124N14O21S2/c1-5-6-7-8-9-10-11-12-13-14-15-16-17-18-19-20-21-30-64(97)83-52-40-62-76(111)86-54(31-34-63(81)96)71(106)90-59-47-117-45-51-27-23-22-26-50(51)44-116-46-58(73(108)87-56(39-48(2)3)78(113)93-38-25-29-61(93)80(115)94(62)43-52)89-70(105)53(32-35-66(99)100)84-65(98)42-82-77(112)69(49(4)95)91-72(107)55(33-36-67(101)102)85-75(110)60-28-24-37-92(60)79(114)57(41-68(103)104)88-74(59)109/h22-23,26-27,48-49,52-62,69,95H,5-21,24-25,28-47H2,1-4H3,(H2,81,96)(H,82,112)(H,83,97)(H,84,98)(H,85,110)(H,86,111)(H,87,108)(H,88,109)(H,89,105)(H,90,106)(H,91,107)(H,99,100)(H,101,102)(H,103,104)/t49-,52+,53+,54+,55+,56+,57+,58+,59+,60+,61-,62+,69+/m1/s1. The highest BCUT2D eigenvalue weighted by molar-refractivity contribution is 7.99. The van der Waals surface area contributed by atoms with Crippen LogP contribution >= 0.6 is 23.5 Å². The molecule has 16 N–H and O–H groups in total. The van der Waals surface area contributed by atoms with Gasteiger partial charge in [-0.05, 0) is 88.2 Å². The zero-order chi connectivity index (χ0) is 85.7. The Balaban J connectivity index is 1.41. The predicted octanol–water partition coefficient (Wildman–Crippen LogP) is 2.18. The van der Waals surface area contributed by atoms with E-state index in [1.54, 1.807) is 38.1 Å². The summed E-state index contributed by atoms with van der Waals surface area (Å²) >= 11 is 2.17. The lowest BCUT2D eigenvalue weighted by Gasteiger charge is -2.34.